The highest BCUT2D eigenvalue weighted by atomic mass is 32.2. The van der Waals surface area contributed by atoms with Crippen LogP contribution in [-0.4, -0.2) is 33.7 Å². The van der Waals surface area contributed by atoms with Crippen LogP contribution in [0.1, 0.15) is 10.4 Å². The average molecular weight is 238 g/mol. The van der Waals surface area contributed by atoms with Gasteiger partial charge in [0.15, 0.2) is 0 Å². The van der Waals surface area contributed by atoms with Crippen molar-refractivity contribution in [2.24, 2.45) is 0 Å². The van der Waals surface area contributed by atoms with Crippen molar-refractivity contribution in [2.45, 2.75) is 4.90 Å². The lowest BCUT2D eigenvalue weighted by molar-refractivity contribution is -0.128. The van der Waals surface area contributed by atoms with E-state index in [-0.39, 0.29) is 12.5 Å². The SMILES string of the molecule is C=S1c2ccccc2C(=O)N1CC(=O)NO. The first-order valence-electron chi connectivity index (χ1n) is 4.53. The Kier molecular flexibility index (Phi) is 2.76. The standard InChI is InChI=1S/C10H10N2O3S/c1-16-8-5-3-2-4-7(8)10(14)12(16)6-9(13)11-15/h2-5,15H,1,6H2,(H,11,13). The molecule has 1 heterocycles. The lowest BCUT2D eigenvalue weighted by atomic mass is 10.2. The van der Waals surface area contributed by atoms with Gasteiger partial charge in [-0.05, 0) is 12.1 Å². The molecule has 0 fully saturated rings. The summed E-state index contributed by atoms with van der Waals surface area (Å²) in [5.74, 6) is 3.02. The molecule has 0 saturated heterocycles. The number of carbonyl (C=O) groups excluding carboxylic acids is 2. The highest BCUT2D eigenvalue weighted by molar-refractivity contribution is 8.13. The number of nitrogens with one attached hydrogen (secondary N) is 1. The van der Waals surface area contributed by atoms with Crippen LogP contribution in [0.3, 0.4) is 0 Å². The third-order valence-corrected chi connectivity index (χ3v) is 3.97. The summed E-state index contributed by atoms with van der Waals surface area (Å²) in [6.07, 6.45) is 0. The molecule has 0 bridgehead atoms. The van der Waals surface area contributed by atoms with E-state index in [4.69, 9.17) is 5.21 Å². The van der Waals surface area contributed by atoms with Crippen LogP contribution in [0, 0.1) is 0 Å². The molecule has 16 heavy (non-hydrogen) atoms. The Morgan fingerprint density at radius 3 is 2.81 bits per heavy atom. The molecule has 84 valence electrons. The van der Waals surface area contributed by atoms with Crippen molar-refractivity contribution in [3.8, 4) is 0 Å². The number of hydrogen-bond donors (Lipinski definition) is 2. The van der Waals surface area contributed by atoms with Crippen molar-refractivity contribution >= 4 is 28.4 Å². The number of rotatable bonds is 2. The van der Waals surface area contributed by atoms with Gasteiger partial charge >= 0.3 is 0 Å². The van der Waals surface area contributed by atoms with Crippen LogP contribution in [0.2, 0.25) is 0 Å². The summed E-state index contributed by atoms with van der Waals surface area (Å²) in [6.45, 7) is -0.184. The van der Waals surface area contributed by atoms with Crippen LogP contribution in [0.4, 0.5) is 0 Å². The van der Waals surface area contributed by atoms with Crippen LogP contribution < -0.4 is 5.48 Å². The molecule has 1 atom stereocenters. The maximum absolute atomic E-state index is 11.9. The first-order chi connectivity index (χ1) is 7.65. The molecular weight excluding hydrogens is 228 g/mol. The van der Waals surface area contributed by atoms with Crippen LogP contribution in [0.5, 0.6) is 0 Å². The molecule has 0 saturated carbocycles. The summed E-state index contributed by atoms with van der Waals surface area (Å²) in [5.41, 5.74) is 2.08. The van der Waals surface area contributed by atoms with E-state index in [2.05, 4.69) is 5.87 Å². The van der Waals surface area contributed by atoms with Gasteiger partial charge in [0.1, 0.15) is 6.54 Å². The van der Waals surface area contributed by atoms with E-state index in [0.29, 0.717) is 5.56 Å². The molecule has 1 unspecified atom stereocenters. The molecule has 0 spiro atoms. The molecule has 1 aromatic rings. The summed E-state index contributed by atoms with van der Waals surface area (Å²) >= 11 is 0. The van der Waals surface area contributed by atoms with Gasteiger partial charge in [0.05, 0.1) is 5.56 Å². The second kappa shape index (κ2) is 4.07. The van der Waals surface area contributed by atoms with Gasteiger partial charge in [-0.15, -0.1) is 0 Å². The molecule has 0 aliphatic carbocycles. The predicted octanol–water partition coefficient (Wildman–Crippen LogP) is 0.623. The van der Waals surface area contributed by atoms with E-state index < -0.39 is 16.6 Å². The fraction of sp³-hybridized carbons (Fsp3) is 0.100. The number of amides is 2. The van der Waals surface area contributed by atoms with Crippen molar-refractivity contribution in [1.29, 1.82) is 0 Å². The fourth-order valence-corrected chi connectivity index (χ4v) is 2.97. The van der Waals surface area contributed by atoms with E-state index >= 15 is 0 Å². The number of hydrogen-bond acceptors (Lipinski definition) is 3. The summed E-state index contributed by atoms with van der Waals surface area (Å²) in [6, 6.07) is 7.12. The van der Waals surface area contributed by atoms with Crippen molar-refractivity contribution in [1.82, 2.24) is 9.79 Å². The largest absolute Gasteiger partial charge is 0.289 e. The normalized spacial score (nSPS) is 18.4. The fourth-order valence-electron chi connectivity index (χ4n) is 1.52. The smallest absolute Gasteiger partial charge is 0.265 e. The molecule has 2 rings (SSSR count). The van der Waals surface area contributed by atoms with Gasteiger partial charge in [-0.3, -0.25) is 19.1 Å². The Morgan fingerprint density at radius 2 is 2.19 bits per heavy atom. The van der Waals surface area contributed by atoms with Gasteiger partial charge in [0.25, 0.3) is 11.8 Å². The van der Waals surface area contributed by atoms with Crippen molar-refractivity contribution in [3.05, 3.63) is 29.8 Å². The minimum atomic E-state index is -0.676. The second-order valence-electron chi connectivity index (χ2n) is 3.24. The summed E-state index contributed by atoms with van der Waals surface area (Å²) in [4.78, 5) is 23.8. The Labute approximate surface area is 94.7 Å². The highest BCUT2D eigenvalue weighted by Crippen LogP contribution is 2.39. The number of fused-ring (bicyclic) bond motifs is 1. The minimum Gasteiger partial charge on any atom is -0.289 e. The Bertz CT molecular complexity index is 452. The van der Waals surface area contributed by atoms with Crippen molar-refractivity contribution < 1.29 is 14.8 Å². The molecule has 2 N–H and O–H groups in total. The lowest BCUT2D eigenvalue weighted by Crippen LogP contribution is -2.33. The number of carbonyl (C=O) groups is 2. The maximum Gasteiger partial charge on any atom is 0.265 e. The minimum absolute atomic E-state index is 0.184. The van der Waals surface area contributed by atoms with Gasteiger partial charge in [0, 0.05) is 4.90 Å². The Morgan fingerprint density at radius 1 is 1.50 bits per heavy atom. The van der Waals surface area contributed by atoms with Gasteiger partial charge in [-0.25, -0.2) is 5.48 Å². The molecular formula is C10H10N2O3S. The van der Waals surface area contributed by atoms with Crippen molar-refractivity contribution in [3.63, 3.8) is 0 Å². The summed E-state index contributed by atoms with van der Waals surface area (Å²) in [5, 5.41) is 8.43. The molecule has 6 heteroatoms. The first kappa shape index (κ1) is 10.8. The maximum atomic E-state index is 11.9. The quantitative estimate of drug-likeness (QED) is 0.451. The lowest BCUT2D eigenvalue weighted by Gasteiger charge is -2.16. The van der Waals surface area contributed by atoms with Gasteiger partial charge in [-0.1, -0.05) is 28.7 Å². The van der Waals surface area contributed by atoms with Crippen LogP contribution in [0.25, 0.3) is 0 Å². The van der Waals surface area contributed by atoms with Crippen LogP contribution in [-0.2, 0) is 4.79 Å². The highest BCUT2D eigenvalue weighted by Gasteiger charge is 2.31. The first-order valence-corrected chi connectivity index (χ1v) is 5.88. The third-order valence-electron chi connectivity index (χ3n) is 2.28. The van der Waals surface area contributed by atoms with Gasteiger partial charge in [-0.2, -0.15) is 0 Å². The zero-order chi connectivity index (χ0) is 11.7. The number of hydroxylamine groups is 1. The summed E-state index contributed by atoms with van der Waals surface area (Å²) < 4.78 is 1.34. The molecule has 5 nitrogen and oxygen atoms in total. The molecule has 1 aliphatic heterocycles. The van der Waals surface area contributed by atoms with Gasteiger partial charge in [0.2, 0.25) is 0 Å². The Hall–Kier alpha value is -1.66. The molecule has 1 aromatic carbocycles. The summed E-state index contributed by atoms with van der Waals surface area (Å²) in [7, 11) is -0.676. The van der Waals surface area contributed by atoms with E-state index in [1.54, 1.807) is 12.1 Å². The zero-order valence-electron chi connectivity index (χ0n) is 8.34. The van der Waals surface area contributed by atoms with Crippen LogP contribution in [0.15, 0.2) is 29.2 Å². The molecule has 2 amide bonds. The van der Waals surface area contributed by atoms with Crippen molar-refractivity contribution in [2.75, 3.05) is 6.54 Å². The van der Waals surface area contributed by atoms with Crippen LogP contribution >= 0.6 is 10.7 Å². The Balaban J connectivity index is 2.32. The van der Waals surface area contributed by atoms with E-state index in [0.717, 1.165) is 4.90 Å². The molecule has 1 aliphatic rings. The van der Waals surface area contributed by atoms with E-state index in [9.17, 15) is 9.59 Å². The monoisotopic (exact) mass is 238 g/mol. The third kappa shape index (κ3) is 1.62. The number of benzene rings is 1. The second-order valence-corrected chi connectivity index (χ2v) is 4.85. The molecule has 0 radical (unpaired) electrons. The van der Waals surface area contributed by atoms with Gasteiger partial charge < -0.3 is 0 Å². The average Bonchev–Trinajstić information content (AvgIpc) is 2.55. The number of nitrogens with zero attached hydrogens (tertiary/aromatic N) is 1. The molecule has 0 aromatic heterocycles. The van der Waals surface area contributed by atoms with E-state index in [1.807, 2.05) is 12.1 Å². The topological polar surface area (TPSA) is 69.6 Å². The van der Waals surface area contributed by atoms with E-state index in [1.165, 1.54) is 9.79 Å². The predicted molar refractivity (Wildman–Crippen MR) is 60.4 cm³/mol. The zero-order valence-corrected chi connectivity index (χ0v) is 9.16.